The third kappa shape index (κ3) is 5.55. The summed E-state index contributed by atoms with van der Waals surface area (Å²) in [5.41, 5.74) is 3.48. The molecule has 0 spiro atoms. The summed E-state index contributed by atoms with van der Waals surface area (Å²) in [5.74, 6) is 0.252. The number of benzene rings is 3. The van der Waals surface area contributed by atoms with E-state index < -0.39 is 0 Å². The van der Waals surface area contributed by atoms with E-state index in [9.17, 15) is 4.79 Å². The average Bonchev–Trinajstić information content (AvgIpc) is 3.22. The van der Waals surface area contributed by atoms with Crippen LogP contribution in [0.4, 0.5) is 9.93 Å². The van der Waals surface area contributed by atoms with Crippen molar-refractivity contribution in [3.8, 4) is 0 Å². The Morgan fingerprint density at radius 1 is 0.903 bits per heavy atom. The van der Waals surface area contributed by atoms with Gasteiger partial charge in [0.05, 0.1) is 0 Å². The van der Waals surface area contributed by atoms with Crippen molar-refractivity contribution in [3.63, 3.8) is 0 Å². The van der Waals surface area contributed by atoms with Crippen molar-refractivity contribution in [3.05, 3.63) is 96.1 Å². The van der Waals surface area contributed by atoms with Gasteiger partial charge in [-0.1, -0.05) is 0 Å². The Morgan fingerprint density at radius 3 is 2.13 bits per heavy atom. The number of thiazole rings is 1. The Bertz CT molecular complexity index is 1040. The van der Waals surface area contributed by atoms with Crippen molar-refractivity contribution in [2.75, 3.05) is 18.4 Å². The predicted octanol–water partition coefficient (Wildman–Crippen LogP) is 5.40. The molecule has 6 heteroatoms. The number of hydrogen-bond acceptors (Lipinski definition) is 3. The minimum absolute atomic E-state index is 0.0726. The first-order valence-electron chi connectivity index (χ1n) is 10.5. The quantitative estimate of drug-likeness (QED) is 0.336. The van der Waals surface area contributed by atoms with Crippen molar-refractivity contribution < 1.29 is 4.79 Å². The zero-order chi connectivity index (χ0) is 21.5. The Balaban J connectivity index is 1.48. The molecular formula is C25H26AsN3OS. The molecular weight excluding hydrogens is 465 g/mol. The number of carbonyl (C=O) groups excluding carboxylic acids is 1. The number of para-hydroxylation sites is 1. The molecule has 4 nitrogen and oxygen atoms in total. The zero-order valence-corrected chi connectivity index (χ0v) is 20.5. The molecule has 31 heavy (non-hydrogen) atoms. The first kappa shape index (κ1) is 21.6. The molecule has 0 radical (unpaired) electrons. The number of hydrogen-bond donors (Lipinski definition) is 1. The summed E-state index contributed by atoms with van der Waals surface area (Å²) in [5, 5.41) is 4.65. The van der Waals surface area contributed by atoms with Crippen LogP contribution in [0, 0.1) is 0 Å². The van der Waals surface area contributed by atoms with E-state index in [2.05, 4.69) is 58.8 Å². The Hall–Kier alpha value is -2.62. The fraction of sp³-hybridized carbons (Fsp3) is 0.200. The summed E-state index contributed by atoms with van der Waals surface area (Å²) >= 11 is 3.15. The van der Waals surface area contributed by atoms with Gasteiger partial charge in [-0.2, -0.15) is 0 Å². The van der Waals surface area contributed by atoms with Gasteiger partial charge in [-0.3, -0.25) is 0 Å². The van der Waals surface area contributed by atoms with E-state index in [0.29, 0.717) is 11.7 Å². The Kier molecular flexibility index (Phi) is 7.39. The summed E-state index contributed by atoms with van der Waals surface area (Å²) in [4.78, 5) is 19.5. The number of rotatable bonds is 8. The molecule has 0 saturated heterocycles. The van der Waals surface area contributed by atoms with Crippen molar-refractivity contribution in [2.24, 2.45) is 0 Å². The van der Waals surface area contributed by atoms with Gasteiger partial charge in [0.2, 0.25) is 0 Å². The number of nitrogens with zero attached hydrogens (tertiary/aromatic N) is 2. The van der Waals surface area contributed by atoms with Gasteiger partial charge >= 0.3 is 196 Å². The topological polar surface area (TPSA) is 45.2 Å². The van der Waals surface area contributed by atoms with Crippen molar-refractivity contribution in [1.82, 2.24) is 9.88 Å². The first-order chi connectivity index (χ1) is 15.2. The van der Waals surface area contributed by atoms with E-state index in [4.69, 9.17) is 0 Å². The summed E-state index contributed by atoms with van der Waals surface area (Å²) in [7, 11) is 0. The second kappa shape index (κ2) is 10.6. The van der Waals surface area contributed by atoms with Crippen LogP contribution in [0.3, 0.4) is 0 Å². The van der Waals surface area contributed by atoms with Crippen LogP contribution >= 0.6 is 11.3 Å². The van der Waals surface area contributed by atoms with Crippen LogP contribution in [0.1, 0.15) is 23.5 Å². The fourth-order valence-electron chi connectivity index (χ4n) is 3.75. The molecule has 0 aliphatic heterocycles. The number of aromatic nitrogens is 1. The zero-order valence-electron chi connectivity index (χ0n) is 17.3. The molecule has 2 amide bonds. The van der Waals surface area contributed by atoms with Gasteiger partial charge < -0.3 is 0 Å². The minimum atomic E-state index is -0.0726. The van der Waals surface area contributed by atoms with E-state index in [0.717, 1.165) is 28.4 Å². The molecule has 1 unspecified atom stereocenters. The molecule has 1 heterocycles. The standard InChI is InChI=1S/C25H26AsN3OS/c26-16-18-29(25(30)28-24-27-22-13-7-8-14-23(22)31-24)17-15-21(19-9-3-1-4-10-19)20-11-5-2-6-12-20/h1-14,21H,15-18,26H2,(H,27,28,30). The van der Waals surface area contributed by atoms with Crippen molar-refractivity contribution in [2.45, 2.75) is 17.5 Å². The number of urea groups is 1. The first-order valence-corrected chi connectivity index (χ1v) is 13.0. The second-order valence-corrected chi connectivity index (χ2v) is 9.60. The summed E-state index contributed by atoms with van der Waals surface area (Å²) in [6.07, 6.45) is 0.869. The van der Waals surface area contributed by atoms with Gasteiger partial charge in [-0.05, 0) is 0 Å². The van der Waals surface area contributed by atoms with E-state index in [-0.39, 0.29) is 11.9 Å². The third-order valence-corrected chi connectivity index (χ3v) is 6.78. The fourth-order valence-corrected chi connectivity index (χ4v) is 5.26. The molecule has 1 N–H and O–H groups in total. The second-order valence-electron chi connectivity index (χ2n) is 7.36. The number of anilines is 1. The van der Waals surface area contributed by atoms with Crippen LogP contribution in [0.2, 0.25) is 5.21 Å². The summed E-state index contributed by atoms with van der Waals surface area (Å²) in [6, 6.07) is 29.0. The summed E-state index contributed by atoms with van der Waals surface area (Å²) in [6.45, 7) is 1.43. The van der Waals surface area contributed by atoms with E-state index >= 15 is 0 Å². The van der Waals surface area contributed by atoms with Crippen LogP contribution in [0.15, 0.2) is 84.9 Å². The van der Waals surface area contributed by atoms with Gasteiger partial charge in [0.15, 0.2) is 0 Å². The van der Waals surface area contributed by atoms with E-state index in [1.165, 1.54) is 22.5 Å². The number of fused-ring (bicyclic) bond motifs is 1. The average molecular weight is 491 g/mol. The molecule has 0 aliphatic carbocycles. The van der Waals surface area contributed by atoms with Crippen LogP contribution in [0.5, 0.6) is 0 Å². The van der Waals surface area contributed by atoms with Gasteiger partial charge in [-0.25, -0.2) is 0 Å². The third-order valence-electron chi connectivity index (χ3n) is 5.29. The van der Waals surface area contributed by atoms with Crippen LogP contribution < -0.4 is 5.32 Å². The number of amides is 2. The molecule has 4 aromatic rings. The molecule has 3 aromatic carbocycles. The van der Waals surface area contributed by atoms with Crippen molar-refractivity contribution in [1.29, 1.82) is 0 Å². The normalized spacial score (nSPS) is 11.0. The van der Waals surface area contributed by atoms with Gasteiger partial charge in [-0.15, -0.1) is 0 Å². The molecule has 1 atom stereocenters. The maximum atomic E-state index is 13.1. The molecule has 1 aromatic heterocycles. The maximum absolute atomic E-state index is 13.1. The van der Waals surface area contributed by atoms with E-state index in [1.807, 2.05) is 41.3 Å². The number of carbonyl (C=O) groups is 1. The van der Waals surface area contributed by atoms with Gasteiger partial charge in [0, 0.05) is 0 Å². The SMILES string of the molecule is O=C(Nc1nc2ccccc2s1)N(CC[AsH2])CCC(c1ccccc1)c1ccccc1. The van der Waals surface area contributed by atoms with Crippen molar-refractivity contribution >= 4 is 49.6 Å². The van der Waals surface area contributed by atoms with E-state index in [1.54, 1.807) is 16.9 Å². The molecule has 4 rings (SSSR count). The predicted molar refractivity (Wildman–Crippen MR) is 133 cm³/mol. The Labute approximate surface area is 195 Å². The Morgan fingerprint density at radius 2 is 1.52 bits per heavy atom. The van der Waals surface area contributed by atoms with Gasteiger partial charge in [0.1, 0.15) is 0 Å². The monoisotopic (exact) mass is 491 g/mol. The van der Waals surface area contributed by atoms with Crippen LogP contribution in [0.25, 0.3) is 10.2 Å². The molecule has 0 fully saturated rings. The summed E-state index contributed by atoms with van der Waals surface area (Å²) < 4.78 is 1.08. The molecule has 0 aliphatic rings. The number of nitrogens with one attached hydrogen (secondary N) is 1. The van der Waals surface area contributed by atoms with Crippen LogP contribution in [-0.2, 0) is 0 Å². The molecule has 0 bridgehead atoms. The van der Waals surface area contributed by atoms with Crippen LogP contribution in [-0.4, -0.2) is 45.9 Å². The van der Waals surface area contributed by atoms with Gasteiger partial charge in [0.25, 0.3) is 0 Å². The molecule has 0 saturated carbocycles. The molecule has 158 valence electrons.